The summed E-state index contributed by atoms with van der Waals surface area (Å²) in [5, 5.41) is 9.30. The molecule has 2 bridgehead atoms. The van der Waals surface area contributed by atoms with Crippen molar-refractivity contribution in [2.75, 3.05) is 0 Å². The number of hydrogen-bond acceptors (Lipinski definition) is 2. The van der Waals surface area contributed by atoms with E-state index >= 15 is 0 Å². The van der Waals surface area contributed by atoms with Gasteiger partial charge in [0.25, 0.3) is 0 Å². The third kappa shape index (κ3) is 0.789. The molecule has 0 radical (unpaired) electrons. The smallest absolute Gasteiger partial charge is 0.158 e. The van der Waals surface area contributed by atoms with Crippen molar-refractivity contribution in [3.05, 3.63) is 0 Å². The Morgan fingerprint density at radius 1 is 1.50 bits per heavy atom. The van der Waals surface area contributed by atoms with Gasteiger partial charge >= 0.3 is 0 Å². The zero-order valence-corrected chi connectivity index (χ0v) is 6.29. The topological polar surface area (TPSA) is 29.5 Å². The molecule has 1 saturated carbocycles. The molecular weight excluding hydrogens is 128 g/mol. The van der Waals surface area contributed by atoms with Crippen LogP contribution in [0.4, 0.5) is 0 Å². The van der Waals surface area contributed by atoms with Crippen molar-refractivity contribution in [2.24, 2.45) is 11.8 Å². The standard InChI is InChI=1S/C8H14O2/c1-2-5-3-6-4-7(5)8(9)10-6/h5-9H,2-4H2,1H3/t5-,6+,7+,8?/m1/s1. The molecule has 2 fully saturated rings. The first-order valence-corrected chi connectivity index (χ1v) is 4.14. The van der Waals surface area contributed by atoms with Gasteiger partial charge in [-0.05, 0) is 18.8 Å². The highest BCUT2D eigenvalue weighted by atomic mass is 16.6. The molecule has 1 aliphatic carbocycles. The minimum atomic E-state index is -0.441. The van der Waals surface area contributed by atoms with E-state index in [1.165, 1.54) is 12.8 Å². The number of ether oxygens (including phenoxy) is 1. The Morgan fingerprint density at radius 2 is 2.30 bits per heavy atom. The summed E-state index contributed by atoms with van der Waals surface area (Å²) in [7, 11) is 0. The molecule has 1 saturated heterocycles. The van der Waals surface area contributed by atoms with Gasteiger partial charge in [0, 0.05) is 5.92 Å². The average molecular weight is 142 g/mol. The molecule has 0 aromatic carbocycles. The molecule has 0 spiro atoms. The molecule has 1 aliphatic heterocycles. The highest BCUT2D eigenvalue weighted by molar-refractivity contribution is 4.90. The van der Waals surface area contributed by atoms with Crippen LogP contribution in [-0.2, 0) is 4.74 Å². The van der Waals surface area contributed by atoms with E-state index in [-0.39, 0.29) is 0 Å². The van der Waals surface area contributed by atoms with Gasteiger partial charge in [-0.1, -0.05) is 13.3 Å². The summed E-state index contributed by atoms with van der Waals surface area (Å²) in [6.45, 7) is 2.19. The maximum Gasteiger partial charge on any atom is 0.158 e. The molecule has 1 N–H and O–H groups in total. The van der Waals surface area contributed by atoms with E-state index in [4.69, 9.17) is 4.74 Å². The van der Waals surface area contributed by atoms with Gasteiger partial charge in [0.15, 0.2) is 6.29 Å². The van der Waals surface area contributed by atoms with Crippen LogP contribution in [-0.4, -0.2) is 17.5 Å². The predicted octanol–water partition coefficient (Wildman–Crippen LogP) is 1.14. The van der Waals surface area contributed by atoms with Crippen molar-refractivity contribution < 1.29 is 9.84 Å². The normalized spacial score (nSPS) is 52.2. The molecule has 1 heterocycles. The number of rotatable bonds is 1. The van der Waals surface area contributed by atoms with Crippen LogP contribution in [0.3, 0.4) is 0 Å². The number of fused-ring (bicyclic) bond motifs is 2. The van der Waals surface area contributed by atoms with Crippen molar-refractivity contribution in [3.8, 4) is 0 Å². The molecule has 1 unspecified atom stereocenters. The Labute approximate surface area is 61.2 Å². The maximum absolute atomic E-state index is 9.30. The molecule has 2 heteroatoms. The molecule has 2 aliphatic rings. The molecular formula is C8H14O2. The minimum absolute atomic E-state index is 0.380. The Bertz CT molecular complexity index is 133. The third-order valence-corrected chi connectivity index (χ3v) is 2.93. The van der Waals surface area contributed by atoms with Crippen LogP contribution in [0.1, 0.15) is 26.2 Å². The van der Waals surface area contributed by atoms with Gasteiger partial charge in [0.1, 0.15) is 0 Å². The Kier molecular flexibility index (Phi) is 1.46. The lowest BCUT2D eigenvalue weighted by molar-refractivity contribution is -0.144. The van der Waals surface area contributed by atoms with Crippen LogP contribution >= 0.6 is 0 Å². The summed E-state index contributed by atoms with van der Waals surface area (Å²) in [5.74, 6) is 1.18. The minimum Gasteiger partial charge on any atom is -0.368 e. The van der Waals surface area contributed by atoms with E-state index in [9.17, 15) is 5.11 Å². The third-order valence-electron chi connectivity index (χ3n) is 2.93. The van der Waals surface area contributed by atoms with Gasteiger partial charge in [0.05, 0.1) is 6.10 Å². The molecule has 10 heavy (non-hydrogen) atoms. The van der Waals surface area contributed by atoms with Gasteiger partial charge in [-0.25, -0.2) is 0 Å². The molecule has 2 rings (SSSR count). The van der Waals surface area contributed by atoms with Crippen molar-refractivity contribution in [3.63, 3.8) is 0 Å². The monoisotopic (exact) mass is 142 g/mol. The molecule has 0 amide bonds. The van der Waals surface area contributed by atoms with Crippen LogP contribution in [0.5, 0.6) is 0 Å². The molecule has 58 valence electrons. The number of hydrogen-bond donors (Lipinski definition) is 1. The van der Waals surface area contributed by atoms with Crippen LogP contribution < -0.4 is 0 Å². The van der Waals surface area contributed by atoms with E-state index in [2.05, 4.69) is 6.92 Å². The second kappa shape index (κ2) is 2.21. The summed E-state index contributed by atoms with van der Waals surface area (Å²) in [6, 6.07) is 0. The second-order valence-corrected chi connectivity index (χ2v) is 3.45. The summed E-state index contributed by atoms with van der Waals surface area (Å²) in [6.07, 6.45) is 3.41. The lowest BCUT2D eigenvalue weighted by atomic mass is 9.93. The summed E-state index contributed by atoms with van der Waals surface area (Å²) < 4.78 is 5.25. The first-order valence-electron chi connectivity index (χ1n) is 4.14. The predicted molar refractivity (Wildman–Crippen MR) is 37.4 cm³/mol. The van der Waals surface area contributed by atoms with E-state index in [0.717, 1.165) is 12.3 Å². The maximum atomic E-state index is 9.30. The van der Waals surface area contributed by atoms with Crippen LogP contribution in [0.15, 0.2) is 0 Å². The lowest BCUT2D eigenvalue weighted by Crippen LogP contribution is -2.27. The Hall–Kier alpha value is -0.0800. The fraction of sp³-hybridized carbons (Fsp3) is 1.00. The van der Waals surface area contributed by atoms with Crippen molar-refractivity contribution >= 4 is 0 Å². The summed E-state index contributed by atoms with van der Waals surface area (Å²) >= 11 is 0. The number of aliphatic hydroxyl groups excluding tert-OH is 1. The first kappa shape index (κ1) is 6.62. The zero-order valence-electron chi connectivity index (χ0n) is 6.29. The van der Waals surface area contributed by atoms with Gasteiger partial charge in [-0.2, -0.15) is 0 Å². The number of aliphatic hydroxyl groups is 1. The van der Waals surface area contributed by atoms with E-state index in [0.29, 0.717) is 12.0 Å². The van der Waals surface area contributed by atoms with Crippen LogP contribution in [0.25, 0.3) is 0 Å². The van der Waals surface area contributed by atoms with Crippen molar-refractivity contribution in [1.82, 2.24) is 0 Å². The van der Waals surface area contributed by atoms with Crippen LogP contribution in [0.2, 0.25) is 0 Å². The lowest BCUT2D eigenvalue weighted by Gasteiger charge is -2.24. The van der Waals surface area contributed by atoms with Gasteiger partial charge in [-0.3, -0.25) is 0 Å². The van der Waals surface area contributed by atoms with E-state index in [1.807, 2.05) is 0 Å². The van der Waals surface area contributed by atoms with Gasteiger partial charge in [-0.15, -0.1) is 0 Å². The van der Waals surface area contributed by atoms with Crippen molar-refractivity contribution in [2.45, 2.75) is 38.6 Å². The zero-order chi connectivity index (χ0) is 7.14. The largest absolute Gasteiger partial charge is 0.368 e. The van der Waals surface area contributed by atoms with Crippen molar-refractivity contribution in [1.29, 1.82) is 0 Å². The Morgan fingerprint density at radius 3 is 2.70 bits per heavy atom. The van der Waals surface area contributed by atoms with E-state index in [1.54, 1.807) is 0 Å². The summed E-state index contributed by atoms with van der Waals surface area (Å²) in [4.78, 5) is 0. The summed E-state index contributed by atoms with van der Waals surface area (Å²) in [5.41, 5.74) is 0. The van der Waals surface area contributed by atoms with E-state index < -0.39 is 6.29 Å². The fourth-order valence-corrected chi connectivity index (χ4v) is 2.33. The fourth-order valence-electron chi connectivity index (χ4n) is 2.33. The molecule has 0 aromatic heterocycles. The van der Waals surface area contributed by atoms with Gasteiger partial charge < -0.3 is 9.84 Å². The quantitative estimate of drug-likeness (QED) is 0.595. The molecule has 2 nitrogen and oxygen atoms in total. The van der Waals surface area contributed by atoms with Crippen LogP contribution in [0, 0.1) is 11.8 Å². The average Bonchev–Trinajstić information content (AvgIpc) is 2.44. The SMILES string of the molecule is CC[C@@H]1C[C@H]2C[C@@H]1C(O)O2. The van der Waals surface area contributed by atoms with Gasteiger partial charge in [0.2, 0.25) is 0 Å². The highest BCUT2D eigenvalue weighted by Crippen LogP contribution is 2.44. The Balaban J connectivity index is 2.06. The molecule has 0 aromatic rings. The first-order chi connectivity index (χ1) is 4.81. The highest BCUT2D eigenvalue weighted by Gasteiger charge is 2.45. The second-order valence-electron chi connectivity index (χ2n) is 3.45. The molecule has 4 atom stereocenters.